The van der Waals surface area contributed by atoms with E-state index in [1.54, 1.807) is 12.4 Å². The first kappa shape index (κ1) is 18.3. The van der Waals surface area contributed by atoms with Gasteiger partial charge in [0, 0.05) is 35.9 Å². The number of anilines is 1. The van der Waals surface area contributed by atoms with Gasteiger partial charge in [0.2, 0.25) is 5.13 Å². The fraction of sp³-hybridized carbons (Fsp3) is 0.529. The summed E-state index contributed by atoms with van der Waals surface area (Å²) in [7, 11) is 0. The maximum absolute atomic E-state index is 12.7. The van der Waals surface area contributed by atoms with Gasteiger partial charge in [0.15, 0.2) is 0 Å². The van der Waals surface area contributed by atoms with Crippen LogP contribution < -0.4 is 5.32 Å². The van der Waals surface area contributed by atoms with Crippen molar-refractivity contribution in [2.24, 2.45) is 0 Å². The van der Waals surface area contributed by atoms with Crippen molar-refractivity contribution in [3.05, 3.63) is 35.9 Å². The molecule has 24 heavy (non-hydrogen) atoms. The first-order chi connectivity index (χ1) is 11.4. The van der Waals surface area contributed by atoms with Crippen LogP contribution in [0.2, 0.25) is 0 Å². The van der Waals surface area contributed by atoms with Crippen molar-refractivity contribution in [1.82, 2.24) is 19.2 Å². The molecule has 2 aromatic heterocycles. The van der Waals surface area contributed by atoms with Gasteiger partial charge in [0.25, 0.3) is 0 Å². The van der Waals surface area contributed by atoms with Crippen LogP contribution in [-0.4, -0.2) is 31.8 Å². The molecule has 0 aliphatic heterocycles. The Hall–Kier alpha value is -2.02. The molecule has 0 spiro atoms. The molecule has 2 heterocycles. The first-order valence-corrected chi connectivity index (χ1v) is 8.95. The zero-order valence-corrected chi connectivity index (χ0v) is 15.7. The number of amides is 2. The summed E-state index contributed by atoms with van der Waals surface area (Å²) in [6.45, 7) is 10.8. The molecule has 0 fully saturated rings. The minimum atomic E-state index is -0.155. The Balaban J connectivity index is 2.15. The predicted octanol–water partition coefficient (Wildman–Crippen LogP) is 4.24. The third-order valence-electron chi connectivity index (χ3n) is 3.77. The highest BCUT2D eigenvalue weighted by molar-refractivity contribution is 7.09. The zero-order chi connectivity index (χ0) is 17.7. The topological polar surface area (TPSA) is 71.0 Å². The van der Waals surface area contributed by atoms with Gasteiger partial charge >= 0.3 is 6.03 Å². The highest BCUT2D eigenvalue weighted by Gasteiger charge is 2.25. The van der Waals surface area contributed by atoms with Crippen LogP contribution in [0.4, 0.5) is 9.93 Å². The number of pyridine rings is 1. The largest absolute Gasteiger partial charge is 0.324 e. The van der Waals surface area contributed by atoms with E-state index < -0.39 is 0 Å². The summed E-state index contributed by atoms with van der Waals surface area (Å²) in [5, 5.41) is 3.42. The molecule has 2 aromatic rings. The lowest BCUT2D eigenvalue weighted by Crippen LogP contribution is -2.37. The second kappa shape index (κ2) is 7.70. The number of rotatable bonds is 5. The molecule has 0 saturated carbocycles. The van der Waals surface area contributed by atoms with Gasteiger partial charge in [0.05, 0.1) is 6.04 Å². The lowest BCUT2D eigenvalue weighted by molar-refractivity contribution is 0.190. The average Bonchev–Trinajstić information content (AvgIpc) is 3.01. The fourth-order valence-electron chi connectivity index (χ4n) is 2.47. The van der Waals surface area contributed by atoms with Gasteiger partial charge in [-0.15, -0.1) is 0 Å². The summed E-state index contributed by atoms with van der Waals surface area (Å²) in [6.07, 6.45) is 4.34. The molecule has 7 heteroatoms. The normalized spacial score (nSPS) is 12.7. The maximum atomic E-state index is 12.7. The van der Waals surface area contributed by atoms with E-state index in [0.717, 1.165) is 17.8 Å². The third kappa shape index (κ3) is 4.29. The Morgan fingerprint density at radius 1 is 1.29 bits per heavy atom. The number of nitrogens with zero attached hydrogens (tertiary/aromatic N) is 4. The monoisotopic (exact) mass is 347 g/mol. The Kier molecular flexibility index (Phi) is 5.88. The lowest BCUT2D eigenvalue weighted by atomic mass is 9.96. The van der Waals surface area contributed by atoms with Crippen LogP contribution in [0, 0.1) is 0 Å². The molecule has 0 aliphatic carbocycles. The summed E-state index contributed by atoms with van der Waals surface area (Å²) in [5.74, 6) is 0.743. The second-order valence-corrected chi connectivity index (χ2v) is 7.35. The number of hydrogen-bond acceptors (Lipinski definition) is 5. The van der Waals surface area contributed by atoms with Crippen molar-refractivity contribution in [3.8, 4) is 0 Å². The minimum absolute atomic E-state index is 0.00741. The average molecular weight is 347 g/mol. The summed E-state index contributed by atoms with van der Waals surface area (Å²) in [4.78, 5) is 23.0. The Morgan fingerprint density at radius 2 is 1.96 bits per heavy atom. The van der Waals surface area contributed by atoms with Crippen LogP contribution >= 0.6 is 11.5 Å². The van der Waals surface area contributed by atoms with Crippen molar-refractivity contribution in [1.29, 1.82) is 0 Å². The molecule has 2 rings (SSSR count). The van der Waals surface area contributed by atoms with E-state index in [4.69, 9.17) is 0 Å². The van der Waals surface area contributed by atoms with Gasteiger partial charge in [-0.05, 0) is 31.0 Å². The van der Waals surface area contributed by atoms with Crippen LogP contribution in [-0.2, 0) is 5.41 Å². The molecule has 1 atom stereocenters. The Morgan fingerprint density at radius 3 is 2.46 bits per heavy atom. The quantitative estimate of drug-likeness (QED) is 0.878. The molecule has 0 unspecified atom stereocenters. The lowest BCUT2D eigenvalue weighted by Gasteiger charge is -2.30. The molecule has 0 bridgehead atoms. The molecule has 130 valence electrons. The zero-order valence-electron chi connectivity index (χ0n) is 14.9. The van der Waals surface area contributed by atoms with Crippen molar-refractivity contribution in [3.63, 3.8) is 0 Å². The minimum Gasteiger partial charge on any atom is -0.318 e. The van der Waals surface area contributed by atoms with Crippen LogP contribution in [0.3, 0.4) is 0 Å². The number of carbonyl (C=O) groups excluding carboxylic acids is 1. The number of hydrogen-bond donors (Lipinski definition) is 1. The number of urea groups is 1. The summed E-state index contributed by atoms with van der Waals surface area (Å²) >= 11 is 1.22. The maximum Gasteiger partial charge on any atom is 0.324 e. The van der Waals surface area contributed by atoms with Gasteiger partial charge in [-0.25, -0.2) is 9.78 Å². The van der Waals surface area contributed by atoms with E-state index >= 15 is 0 Å². The van der Waals surface area contributed by atoms with Crippen LogP contribution in [0.1, 0.15) is 58.5 Å². The SMILES string of the molecule is CC[C@H](c1ccncc1)N(CC)C(=O)Nc1nc(C(C)(C)C)ns1. The predicted molar refractivity (Wildman–Crippen MR) is 97.3 cm³/mol. The third-order valence-corrected chi connectivity index (χ3v) is 4.40. The standard InChI is InChI=1S/C17H25N5OS/c1-6-13(12-8-10-18-11-9-12)22(7-2)16(23)20-15-19-14(21-24-15)17(3,4)5/h8-11,13H,6-7H2,1-5H3,(H,19,20,21,23)/t13-/m1/s1. The van der Waals surface area contributed by atoms with E-state index in [9.17, 15) is 4.79 Å². The highest BCUT2D eigenvalue weighted by Crippen LogP contribution is 2.26. The van der Waals surface area contributed by atoms with E-state index in [0.29, 0.717) is 11.7 Å². The molecule has 2 amide bonds. The van der Waals surface area contributed by atoms with Crippen LogP contribution in [0.5, 0.6) is 0 Å². The molecular formula is C17H25N5OS. The summed E-state index contributed by atoms with van der Waals surface area (Å²) < 4.78 is 4.34. The first-order valence-electron chi connectivity index (χ1n) is 8.18. The second-order valence-electron chi connectivity index (χ2n) is 6.59. The van der Waals surface area contributed by atoms with Gasteiger partial charge in [0.1, 0.15) is 5.82 Å². The highest BCUT2D eigenvalue weighted by atomic mass is 32.1. The van der Waals surface area contributed by atoms with Gasteiger partial charge in [-0.2, -0.15) is 4.37 Å². The van der Waals surface area contributed by atoms with E-state index in [1.807, 2.05) is 24.0 Å². The van der Waals surface area contributed by atoms with Gasteiger partial charge < -0.3 is 4.90 Å². The Labute approximate surface area is 147 Å². The van der Waals surface area contributed by atoms with Crippen molar-refractivity contribution in [2.75, 3.05) is 11.9 Å². The molecule has 0 aliphatic rings. The van der Waals surface area contributed by atoms with E-state index in [1.165, 1.54) is 11.5 Å². The van der Waals surface area contributed by atoms with Crippen LogP contribution in [0.25, 0.3) is 0 Å². The fourth-order valence-corrected chi connectivity index (χ4v) is 3.22. The summed E-state index contributed by atoms with van der Waals surface area (Å²) in [5.41, 5.74) is 0.949. The van der Waals surface area contributed by atoms with E-state index in [2.05, 4.69) is 47.4 Å². The van der Waals surface area contributed by atoms with E-state index in [-0.39, 0.29) is 17.5 Å². The smallest absolute Gasteiger partial charge is 0.318 e. The van der Waals surface area contributed by atoms with Crippen molar-refractivity contribution >= 4 is 22.7 Å². The molecule has 0 aromatic carbocycles. The molecule has 6 nitrogen and oxygen atoms in total. The number of nitrogens with one attached hydrogen (secondary N) is 1. The van der Waals surface area contributed by atoms with Gasteiger partial charge in [-0.3, -0.25) is 10.3 Å². The molecular weight excluding hydrogens is 322 g/mol. The number of aromatic nitrogens is 3. The number of carbonyl (C=O) groups is 1. The Bertz CT molecular complexity index is 665. The van der Waals surface area contributed by atoms with Crippen LogP contribution in [0.15, 0.2) is 24.5 Å². The van der Waals surface area contributed by atoms with Crippen molar-refractivity contribution in [2.45, 2.75) is 52.5 Å². The summed E-state index contributed by atoms with van der Waals surface area (Å²) in [6, 6.07) is 3.75. The molecule has 0 saturated heterocycles. The molecule has 0 radical (unpaired) electrons. The van der Waals surface area contributed by atoms with Gasteiger partial charge in [-0.1, -0.05) is 27.7 Å². The molecule has 1 N–H and O–H groups in total. The van der Waals surface area contributed by atoms with Crippen molar-refractivity contribution < 1.29 is 4.79 Å².